The fraction of sp³-hybridized carbons (Fsp3) is 1.00. The van der Waals surface area contributed by atoms with Crippen molar-refractivity contribution < 1.29 is 5.11 Å². The Labute approximate surface area is 119 Å². The van der Waals surface area contributed by atoms with E-state index in [4.69, 9.17) is 0 Å². The molecule has 0 bridgehead atoms. The molecule has 0 aromatic carbocycles. The average Bonchev–Trinajstić information content (AvgIpc) is 2.38. The molecule has 4 unspecified atom stereocenters. The van der Waals surface area contributed by atoms with Crippen molar-refractivity contribution in [3.8, 4) is 0 Å². The highest BCUT2D eigenvalue weighted by Gasteiger charge is 2.33. The topological polar surface area (TPSA) is 35.5 Å². The SMILES string of the molecule is CCCCN(CCO)CC1C(C)CC(C)CC1NC. The predicted octanol–water partition coefficient (Wildman–Crippen LogP) is 2.35. The second-order valence-corrected chi connectivity index (χ2v) is 6.49. The van der Waals surface area contributed by atoms with Gasteiger partial charge in [0.25, 0.3) is 0 Å². The van der Waals surface area contributed by atoms with E-state index in [1.165, 1.54) is 25.7 Å². The number of hydrogen-bond donors (Lipinski definition) is 2. The maximum absolute atomic E-state index is 9.24. The third kappa shape index (κ3) is 5.41. The molecule has 0 saturated heterocycles. The van der Waals surface area contributed by atoms with Gasteiger partial charge in [-0.15, -0.1) is 0 Å². The minimum Gasteiger partial charge on any atom is -0.395 e. The number of aliphatic hydroxyl groups is 1. The zero-order chi connectivity index (χ0) is 14.3. The van der Waals surface area contributed by atoms with Crippen LogP contribution >= 0.6 is 0 Å². The third-order valence-electron chi connectivity index (χ3n) is 4.76. The smallest absolute Gasteiger partial charge is 0.0558 e. The van der Waals surface area contributed by atoms with Crippen LogP contribution in [0.4, 0.5) is 0 Å². The molecule has 4 atom stereocenters. The lowest BCUT2D eigenvalue weighted by Crippen LogP contribution is -2.48. The van der Waals surface area contributed by atoms with Gasteiger partial charge in [-0.2, -0.15) is 0 Å². The Bertz CT molecular complexity index is 235. The lowest BCUT2D eigenvalue weighted by Gasteiger charge is -2.42. The number of nitrogens with zero attached hydrogens (tertiary/aromatic N) is 1. The molecule has 0 amide bonds. The van der Waals surface area contributed by atoms with E-state index in [1.807, 2.05) is 0 Å². The van der Waals surface area contributed by atoms with E-state index in [9.17, 15) is 5.11 Å². The van der Waals surface area contributed by atoms with Crippen molar-refractivity contribution in [2.24, 2.45) is 17.8 Å². The Morgan fingerprint density at radius 2 is 1.95 bits per heavy atom. The van der Waals surface area contributed by atoms with Crippen LogP contribution in [0.2, 0.25) is 0 Å². The van der Waals surface area contributed by atoms with Crippen LogP contribution in [-0.2, 0) is 0 Å². The van der Waals surface area contributed by atoms with Crippen molar-refractivity contribution >= 4 is 0 Å². The Balaban J connectivity index is 2.57. The molecule has 19 heavy (non-hydrogen) atoms. The molecule has 0 spiro atoms. The summed E-state index contributed by atoms with van der Waals surface area (Å²) >= 11 is 0. The van der Waals surface area contributed by atoms with E-state index in [0.717, 1.165) is 37.4 Å². The quantitative estimate of drug-likeness (QED) is 0.711. The fourth-order valence-corrected chi connectivity index (χ4v) is 3.67. The molecule has 0 aromatic rings. The summed E-state index contributed by atoms with van der Waals surface area (Å²) in [6.07, 6.45) is 5.12. The number of hydrogen-bond acceptors (Lipinski definition) is 3. The Kier molecular flexibility index (Phi) is 7.96. The van der Waals surface area contributed by atoms with Crippen molar-refractivity contribution in [2.45, 2.75) is 52.5 Å². The largest absolute Gasteiger partial charge is 0.395 e. The number of unbranched alkanes of at least 4 members (excludes halogenated alkanes) is 1. The highest BCUT2D eigenvalue weighted by molar-refractivity contribution is 4.88. The van der Waals surface area contributed by atoms with Crippen molar-refractivity contribution in [1.29, 1.82) is 0 Å². The highest BCUT2D eigenvalue weighted by atomic mass is 16.3. The van der Waals surface area contributed by atoms with Gasteiger partial charge in [0.2, 0.25) is 0 Å². The second-order valence-electron chi connectivity index (χ2n) is 6.49. The van der Waals surface area contributed by atoms with E-state index < -0.39 is 0 Å². The van der Waals surface area contributed by atoms with Crippen molar-refractivity contribution in [3.05, 3.63) is 0 Å². The summed E-state index contributed by atoms with van der Waals surface area (Å²) in [6, 6.07) is 0.640. The molecule has 0 heterocycles. The summed E-state index contributed by atoms with van der Waals surface area (Å²) in [7, 11) is 2.10. The minimum atomic E-state index is 0.283. The zero-order valence-corrected chi connectivity index (χ0v) is 13.4. The highest BCUT2D eigenvalue weighted by Crippen LogP contribution is 2.34. The van der Waals surface area contributed by atoms with Gasteiger partial charge in [0.15, 0.2) is 0 Å². The molecule has 1 rings (SSSR count). The van der Waals surface area contributed by atoms with E-state index >= 15 is 0 Å². The summed E-state index contributed by atoms with van der Waals surface area (Å²) in [5.41, 5.74) is 0. The van der Waals surface area contributed by atoms with E-state index in [2.05, 4.69) is 38.0 Å². The van der Waals surface area contributed by atoms with Gasteiger partial charge >= 0.3 is 0 Å². The van der Waals surface area contributed by atoms with Gasteiger partial charge < -0.3 is 15.3 Å². The maximum atomic E-state index is 9.24. The molecule has 1 fully saturated rings. The van der Waals surface area contributed by atoms with Gasteiger partial charge in [-0.1, -0.05) is 27.2 Å². The third-order valence-corrected chi connectivity index (χ3v) is 4.76. The molecule has 1 aliphatic carbocycles. The van der Waals surface area contributed by atoms with Crippen LogP contribution < -0.4 is 5.32 Å². The first-order chi connectivity index (χ1) is 9.12. The number of nitrogens with one attached hydrogen (secondary N) is 1. The van der Waals surface area contributed by atoms with E-state index in [-0.39, 0.29) is 6.61 Å². The normalized spacial score (nSPS) is 31.9. The van der Waals surface area contributed by atoms with Gasteiger partial charge in [-0.25, -0.2) is 0 Å². The van der Waals surface area contributed by atoms with Crippen LogP contribution in [0.5, 0.6) is 0 Å². The molecule has 114 valence electrons. The predicted molar refractivity (Wildman–Crippen MR) is 82.3 cm³/mol. The van der Waals surface area contributed by atoms with Crippen LogP contribution in [0.15, 0.2) is 0 Å². The van der Waals surface area contributed by atoms with Crippen molar-refractivity contribution in [2.75, 3.05) is 33.3 Å². The first-order valence-electron chi connectivity index (χ1n) is 8.12. The molecule has 3 nitrogen and oxygen atoms in total. The molecule has 3 heteroatoms. The number of aliphatic hydroxyl groups excluding tert-OH is 1. The monoisotopic (exact) mass is 270 g/mol. The van der Waals surface area contributed by atoms with Gasteiger partial charge in [0, 0.05) is 19.1 Å². The lowest BCUT2D eigenvalue weighted by molar-refractivity contribution is 0.0930. The first kappa shape index (κ1) is 16.9. The van der Waals surface area contributed by atoms with Crippen LogP contribution in [0.25, 0.3) is 0 Å². The summed E-state index contributed by atoms with van der Waals surface area (Å²) in [4.78, 5) is 2.46. The van der Waals surface area contributed by atoms with Gasteiger partial charge in [-0.3, -0.25) is 0 Å². The molecule has 1 aliphatic rings. The van der Waals surface area contributed by atoms with Gasteiger partial charge in [0.05, 0.1) is 6.61 Å². The molecular weight excluding hydrogens is 236 g/mol. The van der Waals surface area contributed by atoms with Crippen LogP contribution in [0, 0.1) is 17.8 Å². The first-order valence-corrected chi connectivity index (χ1v) is 8.12. The van der Waals surface area contributed by atoms with E-state index in [1.54, 1.807) is 0 Å². The standard InChI is InChI=1S/C16H34N2O/c1-5-6-7-18(8-9-19)12-15-14(3)10-13(2)11-16(15)17-4/h13-17,19H,5-12H2,1-4H3. The van der Waals surface area contributed by atoms with Gasteiger partial charge in [-0.05, 0) is 50.6 Å². The summed E-state index contributed by atoms with van der Waals surface area (Å²) in [5.74, 6) is 2.35. The van der Waals surface area contributed by atoms with Crippen molar-refractivity contribution in [1.82, 2.24) is 10.2 Å². The lowest BCUT2D eigenvalue weighted by atomic mass is 9.72. The van der Waals surface area contributed by atoms with Crippen LogP contribution in [0.1, 0.15) is 46.5 Å². The molecule has 0 aliphatic heterocycles. The second kappa shape index (κ2) is 8.93. The van der Waals surface area contributed by atoms with Crippen molar-refractivity contribution in [3.63, 3.8) is 0 Å². The number of rotatable bonds is 8. The van der Waals surface area contributed by atoms with Crippen LogP contribution in [-0.4, -0.2) is 49.3 Å². The molecule has 0 aromatic heterocycles. The molecule has 0 radical (unpaired) electrons. The minimum absolute atomic E-state index is 0.283. The Morgan fingerprint density at radius 3 is 2.53 bits per heavy atom. The average molecular weight is 270 g/mol. The van der Waals surface area contributed by atoms with Gasteiger partial charge in [0.1, 0.15) is 0 Å². The maximum Gasteiger partial charge on any atom is 0.0558 e. The van der Waals surface area contributed by atoms with Crippen LogP contribution in [0.3, 0.4) is 0 Å². The molecule has 2 N–H and O–H groups in total. The zero-order valence-electron chi connectivity index (χ0n) is 13.4. The fourth-order valence-electron chi connectivity index (χ4n) is 3.67. The Morgan fingerprint density at radius 1 is 1.21 bits per heavy atom. The summed E-state index contributed by atoms with van der Waals surface area (Å²) in [5, 5.41) is 12.8. The Hall–Kier alpha value is -0.120. The molecule has 1 saturated carbocycles. The molecular formula is C16H34N2O. The van der Waals surface area contributed by atoms with E-state index in [0.29, 0.717) is 6.04 Å². The summed E-state index contributed by atoms with van der Waals surface area (Å²) < 4.78 is 0. The summed E-state index contributed by atoms with van der Waals surface area (Å²) in [6.45, 7) is 10.4.